The average molecular weight is 192 g/mol. The van der Waals surface area contributed by atoms with Gasteiger partial charge in [-0.05, 0) is 24.3 Å². The molecule has 0 saturated carbocycles. The lowest BCUT2D eigenvalue weighted by Crippen LogP contribution is -2.00. The lowest BCUT2D eigenvalue weighted by Gasteiger charge is -2.00. The molecule has 0 N–H and O–H groups in total. The van der Waals surface area contributed by atoms with Crippen molar-refractivity contribution < 1.29 is 14.3 Å². The zero-order chi connectivity index (χ0) is 11.0. The van der Waals surface area contributed by atoms with E-state index in [2.05, 4.69) is 4.74 Å². The lowest BCUT2D eigenvalue weighted by atomic mass is 10.2. The molecule has 0 bridgehead atoms. The van der Waals surface area contributed by atoms with Crippen LogP contribution in [0.5, 0.6) is 5.75 Å². The second kappa shape index (κ2) is 6.49. The number of ether oxygens (including phenoxy) is 2. The number of methoxy groups -OCH3 is 2. The number of hydrogen-bond acceptors (Lipinski definition) is 4. The summed E-state index contributed by atoms with van der Waals surface area (Å²) < 4.78 is 9.46. The summed E-state index contributed by atoms with van der Waals surface area (Å²) in [6.07, 6.45) is 0. The Hall–Kier alpha value is -2.02. The van der Waals surface area contributed by atoms with Gasteiger partial charge in [-0.3, -0.25) is 0 Å². The summed E-state index contributed by atoms with van der Waals surface area (Å²) in [6, 6.07) is 6.74. The van der Waals surface area contributed by atoms with E-state index in [1.54, 1.807) is 31.4 Å². The lowest BCUT2D eigenvalue weighted by molar-refractivity contribution is 0.0600. The molecular formula is C10H10NO3-. The highest BCUT2D eigenvalue weighted by molar-refractivity contribution is 5.89. The molecule has 0 unspecified atom stereocenters. The van der Waals surface area contributed by atoms with Crippen LogP contribution >= 0.6 is 0 Å². The predicted molar refractivity (Wildman–Crippen MR) is 49.3 cm³/mol. The van der Waals surface area contributed by atoms with Gasteiger partial charge < -0.3 is 21.3 Å². The Balaban J connectivity index is 0.000000791. The Morgan fingerprint density at radius 2 is 1.71 bits per heavy atom. The van der Waals surface area contributed by atoms with Crippen LogP contribution in [0.2, 0.25) is 0 Å². The van der Waals surface area contributed by atoms with Crippen molar-refractivity contribution in [2.75, 3.05) is 14.2 Å². The third-order valence-electron chi connectivity index (χ3n) is 1.51. The number of esters is 1. The fraction of sp³-hybridized carbons (Fsp3) is 0.200. The van der Waals surface area contributed by atoms with Gasteiger partial charge in [-0.25, -0.2) is 4.79 Å². The highest BCUT2D eigenvalue weighted by atomic mass is 16.5. The van der Waals surface area contributed by atoms with Crippen LogP contribution in [-0.2, 0) is 4.74 Å². The quantitative estimate of drug-likeness (QED) is 0.527. The van der Waals surface area contributed by atoms with Gasteiger partial charge in [0.1, 0.15) is 5.75 Å². The van der Waals surface area contributed by atoms with Crippen LogP contribution in [0.25, 0.3) is 0 Å². The zero-order valence-corrected chi connectivity index (χ0v) is 7.98. The summed E-state index contributed by atoms with van der Waals surface area (Å²) in [6.45, 7) is 4.75. The Bertz CT molecular complexity index is 303. The number of nitrogens with zero attached hydrogens (tertiary/aromatic N) is 1. The fourth-order valence-corrected chi connectivity index (χ4v) is 0.845. The molecule has 1 aromatic carbocycles. The van der Waals surface area contributed by atoms with Gasteiger partial charge in [0.25, 0.3) is 0 Å². The topological polar surface area (TPSA) is 59.3 Å². The summed E-state index contributed by atoms with van der Waals surface area (Å²) in [7, 11) is 2.93. The van der Waals surface area contributed by atoms with E-state index < -0.39 is 0 Å². The molecule has 0 heterocycles. The van der Waals surface area contributed by atoms with E-state index in [4.69, 9.17) is 16.6 Å². The van der Waals surface area contributed by atoms with E-state index in [0.29, 0.717) is 5.56 Å². The van der Waals surface area contributed by atoms with E-state index in [-0.39, 0.29) is 5.97 Å². The van der Waals surface area contributed by atoms with Crippen LogP contribution in [-0.4, -0.2) is 20.2 Å². The first-order valence-electron chi connectivity index (χ1n) is 3.72. The Kier molecular flexibility index (Phi) is 5.55. The highest BCUT2D eigenvalue weighted by Crippen LogP contribution is 2.11. The van der Waals surface area contributed by atoms with E-state index in [9.17, 15) is 4.79 Å². The molecule has 0 atom stereocenters. The summed E-state index contributed by atoms with van der Waals surface area (Å²) in [5, 5.41) is 6.25. The van der Waals surface area contributed by atoms with Crippen molar-refractivity contribution in [1.82, 2.24) is 0 Å². The summed E-state index contributed by atoms with van der Waals surface area (Å²) in [5.74, 6) is 0.389. The summed E-state index contributed by atoms with van der Waals surface area (Å²) in [5.41, 5.74) is 0.526. The van der Waals surface area contributed by atoms with Crippen molar-refractivity contribution in [3.05, 3.63) is 36.4 Å². The SMILES string of the molecule is COC(=O)c1ccc(OC)cc1.[C-]#N. The fourth-order valence-electron chi connectivity index (χ4n) is 0.845. The normalized spacial score (nSPS) is 8.00. The molecule has 74 valence electrons. The average Bonchev–Trinajstić information content (AvgIpc) is 2.31. The minimum absolute atomic E-state index is 0.336. The van der Waals surface area contributed by atoms with Gasteiger partial charge in [-0.1, -0.05) is 0 Å². The zero-order valence-electron chi connectivity index (χ0n) is 7.98. The van der Waals surface area contributed by atoms with Crippen molar-refractivity contribution in [3.63, 3.8) is 0 Å². The first-order valence-corrected chi connectivity index (χ1v) is 3.72. The van der Waals surface area contributed by atoms with Gasteiger partial charge in [0.2, 0.25) is 0 Å². The van der Waals surface area contributed by atoms with E-state index in [0.717, 1.165) is 5.75 Å². The molecule has 0 saturated heterocycles. The molecule has 0 aromatic heterocycles. The highest BCUT2D eigenvalue weighted by Gasteiger charge is 2.03. The van der Waals surface area contributed by atoms with Crippen molar-refractivity contribution >= 4 is 5.97 Å². The molecule has 0 spiro atoms. The molecule has 0 aliphatic carbocycles. The Labute approximate surface area is 82.7 Å². The summed E-state index contributed by atoms with van der Waals surface area (Å²) >= 11 is 0. The number of benzene rings is 1. The number of carbonyl (C=O) groups excluding carboxylic acids is 1. The second-order valence-electron chi connectivity index (χ2n) is 2.22. The third kappa shape index (κ3) is 3.15. The molecule has 0 aliphatic rings. The molecule has 4 heteroatoms. The Morgan fingerprint density at radius 3 is 2.07 bits per heavy atom. The van der Waals surface area contributed by atoms with Crippen molar-refractivity contribution in [2.24, 2.45) is 0 Å². The predicted octanol–water partition coefficient (Wildman–Crippen LogP) is 1.58. The van der Waals surface area contributed by atoms with E-state index in [1.165, 1.54) is 7.11 Å². The maximum absolute atomic E-state index is 11.0. The van der Waals surface area contributed by atoms with Crippen molar-refractivity contribution in [3.8, 4) is 5.75 Å². The van der Waals surface area contributed by atoms with Gasteiger partial charge in [0, 0.05) is 0 Å². The van der Waals surface area contributed by atoms with Gasteiger partial charge in [-0.2, -0.15) is 0 Å². The molecule has 1 aromatic rings. The van der Waals surface area contributed by atoms with Crippen LogP contribution in [0.15, 0.2) is 24.3 Å². The minimum Gasteiger partial charge on any atom is -0.512 e. The molecule has 0 aliphatic heterocycles. The molecule has 1 rings (SSSR count). The molecule has 0 radical (unpaired) electrons. The molecular weight excluding hydrogens is 182 g/mol. The minimum atomic E-state index is -0.336. The Morgan fingerprint density at radius 1 is 1.21 bits per heavy atom. The van der Waals surface area contributed by atoms with Gasteiger partial charge in [0.15, 0.2) is 0 Å². The molecule has 4 nitrogen and oxygen atoms in total. The van der Waals surface area contributed by atoms with E-state index >= 15 is 0 Å². The van der Waals surface area contributed by atoms with Gasteiger partial charge >= 0.3 is 5.97 Å². The van der Waals surface area contributed by atoms with Crippen LogP contribution < -0.4 is 4.74 Å². The molecule has 0 amide bonds. The van der Waals surface area contributed by atoms with Crippen molar-refractivity contribution in [2.45, 2.75) is 0 Å². The largest absolute Gasteiger partial charge is 0.512 e. The monoisotopic (exact) mass is 192 g/mol. The second-order valence-corrected chi connectivity index (χ2v) is 2.22. The van der Waals surface area contributed by atoms with Crippen LogP contribution in [0.4, 0.5) is 0 Å². The van der Waals surface area contributed by atoms with Crippen LogP contribution in [0.1, 0.15) is 10.4 Å². The summed E-state index contributed by atoms with van der Waals surface area (Å²) in [4.78, 5) is 11.0. The number of hydrogen-bond donors (Lipinski definition) is 0. The first-order chi connectivity index (χ1) is 6.77. The molecule has 0 fully saturated rings. The maximum atomic E-state index is 11.0. The van der Waals surface area contributed by atoms with Crippen molar-refractivity contribution in [1.29, 1.82) is 5.26 Å². The van der Waals surface area contributed by atoms with Gasteiger partial charge in [-0.15, -0.1) is 0 Å². The number of rotatable bonds is 2. The maximum Gasteiger partial charge on any atom is 0.337 e. The smallest absolute Gasteiger partial charge is 0.337 e. The number of carbonyl (C=O) groups is 1. The van der Waals surface area contributed by atoms with Crippen LogP contribution in [0.3, 0.4) is 0 Å². The first kappa shape index (κ1) is 12.0. The van der Waals surface area contributed by atoms with Gasteiger partial charge in [0.05, 0.1) is 19.8 Å². The van der Waals surface area contributed by atoms with Crippen LogP contribution in [0, 0.1) is 11.8 Å². The standard InChI is InChI=1S/C9H10O3.CN/c1-11-8-5-3-7(4-6-8)9(10)12-2;1-2/h3-6H,1-2H3;/q;-1. The third-order valence-corrected chi connectivity index (χ3v) is 1.51. The molecule has 14 heavy (non-hydrogen) atoms. The van der Waals surface area contributed by atoms with E-state index in [1.807, 2.05) is 0 Å².